The van der Waals surface area contributed by atoms with Crippen LogP contribution in [-0.2, 0) is 0 Å². The average Bonchev–Trinajstić information content (AvgIpc) is 2.74. The molecule has 0 spiro atoms. The van der Waals surface area contributed by atoms with E-state index in [1.807, 2.05) is 62.4 Å². The molecule has 0 aliphatic rings. The van der Waals surface area contributed by atoms with Gasteiger partial charge < -0.3 is 9.97 Å². The third-order valence-corrected chi connectivity index (χ3v) is 5.50. The average molecular weight is 392 g/mol. The Balaban J connectivity index is 1.71. The summed E-state index contributed by atoms with van der Waals surface area (Å²) < 4.78 is 0. The molecule has 0 aliphatic heterocycles. The van der Waals surface area contributed by atoms with Gasteiger partial charge in [-0.25, -0.2) is 0 Å². The van der Waals surface area contributed by atoms with E-state index in [1.165, 1.54) is 0 Å². The van der Waals surface area contributed by atoms with Crippen LogP contribution in [0.5, 0.6) is 0 Å². The first-order valence-electron chi connectivity index (χ1n) is 9.86. The number of H-pyrrole nitrogens is 2. The van der Waals surface area contributed by atoms with E-state index in [-0.39, 0.29) is 10.9 Å². The highest BCUT2D eigenvalue weighted by atomic mass is 16.1. The van der Waals surface area contributed by atoms with E-state index in [0.717, 1.165) is 33.6 Å². The van der Waals surface area contributed by atoms with E-state index in [0.29, 0.717) is 21.8 Å². The Morgan fingerprint density at radius 1 is 0.533 bits per heavy atom. The Bertz CT molecular complexity index is 1400. The summed E-state index contributed by atoms with van der Waals surface area (Å²) in [6.07, 6.45) is 0. The summed E-state index contributed by atoms with van der Waals surface area (Å²) in [4.78, 5) is 32.3. The van der Waals surface area contributed by atoms with Crippen LogP contribution >= 0.6 is 0 Å². The molecule has 146 valence electrons. The Morgan fingerprint density at radius 2 is 0.900 bits per heavy atom. The van der Waals surface area contributed by atoms with Crippen molar-refractivity contribution in [3.8, 4) is 22.5 Å². The van der Waals surface area contributed by atoms with Crippen molar-refractivity contribution >= 4 is 21.8 Å². The summed E-state index contributed by atoms with van der Waals surface area (Å²) in [6, 6.07) is 22.7. The zero-order chi connectivity index (χ0) is 20.8. The molecule has 0 amide bonds. The minimum absolute atomic E-state index is 0.0807. The molecular formula is C26H20N2O2. The second-order valence-electron chi connectivity index (χ2n) is 7.77. The summed E-state index contributed by atoms with van der Waals surface area (Å²) in [7, 11) is 0. The monoisotopic (exact) mass is 392 g/mol. The SMILES string of the molecule is Cc1ccc(-c2cc(=O)c3cc4[nH]c(-c5ccc(C)cc5)cc(=O)c4cc3[nH]2)cc1. The van der Waals surface area contributed by atoms with Gasteiger partial charge in [0.1, 0.15) is 0 Å². The van der Waals surface area contributed by atoms with Crippen molar-refractivity contribution in [2.45, 2.75) is 13.8 Å². The van der Waals surface area contributed by atoms with Gasteiger partial charge in [-0.15, -0.1) is 0 Å². The van der Waals surface area contributed by atoms with Gasteiger partial charge in [0.15, 0.2) is 10.9 Å². The molecule has 0 aliphatic carbocycles. The van der Waals surface area contributed by atoms with E-state index in [1.54, 1.807) is 24.3 Å². The number of fused-ring (bicyclic) bond motifs is 2. The quantitative estimate of drug-likeness (QED) is 0.399. The van der Waals surface area contributed by atoms with Gasteiger partial charge in [-0.1, -0.05) is 59.7 Å². The molecule has 0 saturated heterocycles. The lowest BCUT2D eigenvalue weighted by atomic mass is 10.0. The second kappa shape index (κ2) is 6.85. The number of rotatable bonds is 2. The molecule has 4 heteroatoms. The lowest BCUT2D eigenvalue weighted by Crippen LogP contribution is -2.07. The highest BCUT2D eigenvalue weighted by Crippen LogP contribution is 2.23. The molecule has 4 nitrogen and oxygen atoms in total. The number of nitrogens with one attached hydrogen (secondary N) is 2. The fraction of sp³-hybridized carbons (Fsp3) is 0.0769. The van der Waals surface area contributed by atoms with Crippen LogP contribution in [0.15, 0.2) is 82.4 Å². The molecule has 5 rings (SSSR count). The van der Waals surface area contributed by atoms with Crippen molar-refractivity contribution in [2.75, 3.05) is 0 Å². The molecule has 0 fully saturated rings. The number of aryl methyl sites for hydroxylation is 2. The van der Waals surface area contributed by atoms with Crippen molar-refractivity contribution in [1.29, 1.82) is 0 Å². The molecule has 2 aromatic heterocycles. The van der Waals surface area contributed by atoms with Gasteiger partial charge >= 0.3 is 0 Å². The van der Waals surface area contributed by atoms with Crippen LogP contribution in [0.4, 0.5) is 0 Å². The highest BCUT2D eigenvalue weighted by Gasteiger charge is 2.10. The van der Waals surface area contributed by atoms with E-state index < -0.39 is 0 Å². The summed E-state index contributed by atoms with van der Waals surface area (Å²) in [5, 5.41) is 1.10. The van der Waals surface area contributed by atoms with E-state index in [2.05, 4.69) is 9.97 Å². The van der Waals surface area contributed by atoms with Crippen LogP contribution in [0.3, 0.4) is 0 Å². The van der Waals surface area contributed by atoms with Crippen LogP contribution < -0.4 is 10.9 Å². The molecule has 0 saturated carbocycles. The molecule has 2 heterocycles. The van der Waals surface area contributed by atoms with Crippen molar-refractivity contribution in [3.63, 3.8) is 0 Å². The first-order valence-corrected chi connectivity index (χ1v) is 9.86. The van der Waals surface area contributed by atoms with Crippen LogP contribution in [0.2, 0.25) is 0 Å². The second-order valence-corrected chi connectivity index (χ2v) is 7.77. The first kappa shape index (κ1) is 18.1. The number of hydrogen-bond donors (Lipinski definition) is 2. The topological polar surface area (TPSA) is 65.7 Å². The highest BCUT2D eigenvalue weighted by molar-refractivity contribution is 5.96. The fourth-order valence-corrected chi connectivity index (χ4v) is 3.77. The number of pyridine rings is 2. The number of aromatic nitrogens is 2. The molecule has 0 atom stereocenters. The molecule has 30 heavy (non-hydrogen) atoms. The molecule has 0 radical (unpaired) electrons. The van der Waals surface area contributed by atoms with E-state index in [4.69, 9.17) is 0 Å². The molecule has 3 aromatic carbocycles. The zero-order valence-electron chi connectivity index (χ0n) is 16.7. The Morgan fingerprint density at radius 3 is 1.27 bits per heavy atom. The van der Waals surface area contributed by atoms with Crippen LogP contribution in [0.1, 0.15) is 11.1 Å². The first-order chi connectivity index (χ1) is 14.5. The molecule has 0 bridgehead atoms. The maximum Gasteiger partial charge on any atom is 0.190 e. The third-order valence-electron chi connectivity index (χ3n) is 5.50. The molecule has 5 aromatic rings. The zero-order valence-corrected chi connectivity index (χ0v) is 16.7. The Labute approximate surface area is 172 Å². The Hall–Kier alpha value is -3.92. The predicted molar refractivity (Wildman–Crippen MR) is 123 cm³/mol. The van der Waals surface area contributed by atoms with Crippen molar-refractivity contribution in [1.82, 2.24) is 9.97 Å². The summed E-state index contributed by atoms with van der Waals surface area (Å²) in [5.41, 5.74) is 6.79. The smallest absolute Gasteiger partial charge is 0.190 e. The molecule has 0 unspecified atom stereocenters. The van der Waals surface area contributed by atoms with Gasteiger partial charge in [0.2, 0.25) is 0 Å². The van der Waals surface area contributed by atoms with Crippen molar-refractivity contribution in [3.05, 3.63) is 104 Å². The summed E-state index contributed by atoms with van der Waals surface area (Å²) >= 11 is 0. The minimum atomic E-state index is -0.0807. The molecular weight excluding hydrogens is 372 g/mol. The number of aromatic amines is 2. The number of hydrogen-bond acceptors (Lipinski definition) is 2. The van der Waals surface area contributed by atoms with Crippen molar-refractivity contribution < 1.29 is 0 Å². The standard InChI is InChI=1S/C26H20N2O2/c1-15-3-7-17(8-4-15)21-13-25(29)19-12-24-20(11-23(19)27-21)26(30)14-22(28-24)18-9-5-16(2)6-10-18/h3-14H,1-2H3,(H,27,29)(H,28,30). The van der Waals surface area contributed by atoms with Gasteiger partial charge in [-0.2, -0.15) is 0 Å². The van der Waals surface area contributed by atoms with E-state index >= 15 is 0 Å². The lowest BCUT2D eigenvalue weighted by molar-refractivity contribution is 1.35. The molecule has 2 N–H and O–H groups in total. The van der Waals surface area contributed by atoms with Gasteiger partial charge in [0.25, 0.3) is 0 Å². The Kier molecular flexibility index (Phi) is 4.14. The maximum atomic E-state index is 12.8. The fourth-order valence-electron chi connectivity index (χ4n) is 3.77. The van der Waals surface area contributed by atoms with Gasteiger partial charge in [0.05, 0.1) is 11.0 Å². The van der Waals surface area contributed by atoms with Crippen LogP contribution in [-0.4, -0.2) is 9.97 Å². The van der Waals surface area contributed by atoms with Crippen LogP contribution in [0.25, 0.3) is 44.3 Å². The summed E-state index contributed by atoms with van der Waals surface area (Å²) in [5.74, 6) is 0. The predicted octanol–water partition coefficient (Wildman–Crippen LogP) is 5.32. The largest absolute Gasteiger partial charge is 0.354 e. The number of benzene rings is 3. The lowest BCUT2D eigenvalue weighted by Gasteiger charge is -2.09. The third kappa shape index (κ3) is 3.12. The normalized spacial score (nSPS) is 11.3. The van der Waals surface area contributed by atoms with Gasteiger partial charge in [-0.05, 0) is 37.1 Å². The van der Waals surface area contributed by atoms with Crippen molar-refractivity contribution in [2.24, 2.45) is 0 Å². The van der Waals surface area contributed by atoms with Crippen LogP contribution in [0, 0.1) is 13.8 Å². The van der Waals surface area contributed by atoms with Gasteiger partial charge in [0, 0.05) is 34.3 Å². The summed E-state index contributed by atoms with van der Waals surface area (Å²) in [6.45, 7) is 4.05. The van der Waals surface area contributed by atoms with E-state index in [9.17, 15) is 9.59 Å². The van der Waals surface area contributed by atoms with Gasteiger partial charge in [-0.3, -0.25) is 9.59 Å². The minimum Gasteiger partial charge on any atom is -0.354 e. The maximum absolute atomic E-state index is 12.8.